The van der Waals surface area contributed by atoms with Crippen molar-refractivity contribution < 1.29 is 22.7 Å². The molecule has 2 N–H and O–H groups in total. The molecule has 0 bridgehead atoms. The fourth-order valence-corrected chi connectivity index (χ4v) is 2.06. The number of urea groups is 1. The van der Waals surface area contributed by atoms with Gasteiger partial charge in [0.2, 0.25) is 5.88 Å². The number of hydrogen-bond donors (Lipinski definition) is 2. The molecule has 25 heavy (non-hydrogen) atoms. The zero-order valence-corrected chi connectivity index (χ0v) is 13.6. The number of alkyl halides is 3. The fourth-order valence-electron chi connectivity index (χ4n) is 2.06. The Hall–Kier alpha value is -2.77. The van der Waals surface area contributed by atoms with Crippen LogP contribution in [-0.2, 0) is 19.1 Å². The Balaban J connectivity index is 1.71. The van der Waals surface area contributed by atoms with Crippen LogP contribution in [0.3, 0.4) is 0 Å². The van der Waals surface area contributed by atoms with Gasteiger partial charge < -0.3 is 15.4 Å². The van der Waals surface area contributed by atoms with Crippen molar-refractivity contribution in [3.63, 3.8) is 0 Å². The van der Waals surface area contributed by atoms with Gasteiger partial charge in [0, 0.05) is 25.4 Å². The molecule has 5 nitrogen and oxygen atoms in total. The van der Waals surface area contributed by atoms with E-state index in [2.05, 4.69) is 15.6 Å². The second-order valence-electron chi connectivity index (χ2n) is 5.26. The zero-order chi connectivity index (χ0) is 18.3. The van der Waals surface area contributed by atoms with E-state index in [0.717, 1.165) is 17.7 Å². The van der Waals surface area contributed by atoms with Gasteiger partial charge in [-0.2, -0.15) is 13.2 Å². The van der Waals surface area contributed by atoms with Crippen molar-refractivity contribution in [1.29, 1.82) is 0 Å². The number of nitrogens with one attached hydrogen (secondary N) is 2. The molecule has 0 saturated heterocycles. The normalized spacial score (nSPS) is 11.0. The van der Waals surface area contributed by atoms with Gasteiger partial charge in [-0.25, -0.2) is 9.78 Å². The van der Waals surface area contributed by atoms with Gasteiger partial charge >= 0.3 is 12.2 Å². The second kappa shape index (κ2) is 8.36. The molecule has 1 aromatic carbocycles. The van der Waals surface area contributed by atoms with Crippen LogP contribution in [0.25, 0.3) is 0 Å². The number of carbonyl (C=O) groups excluding carboxylic acids is 1. The molecule has 0 radical (unpaired) electrons. The molecule has 0 atom stereocenters. The summed E-state index contributed by atoms with van der Waals surface area (Å²) in [7, 11) is 1.52. The molecule has 0 fully saturated rings. The smallest absolute Gasteiger partial charge is 0.416 e. The van der Waals surface area contributed by atoms with Gasteiger partial charge in [-0.3, -0.25) is 0 Å². The van der Waals surface area contributed by atoms with Gasteiger partial charge in [-0.1, -0.05) is 18.2 Å². The Bertz CT molecular complexity index is 686. The maximum Gasteiger partial charge on any atom is 0.416 e. The number of hydrogen-bond acceptors (Lipinski definition) is 3. The maximum atomic E-state index is 12.5. The lowest BCUT2D eigenvalue weighted by atomic mass is 10.1. The summed E-state index contributed by atoms with van der Waals surface area (Å²) in [6.45, 7) is 0.626. The van der Waals surface area contributed by atoms with E-state index in [1.807, 2.05) is 0 Å². The molecule has 0 spiro atoms. The summed E-state index contributed by atoms with van der Waals surface area (Å²) in [5, 5.41) is 5.32. The molecule has 0 aliphatic heterocycles. The van der Waals surface area contributed by atoms with Crippen LogP contribution in [0, 0.1) is 0 Å². The van der Waals surface area contributed by atoms with Crippen LogP contribution in [0.2, 0.25) is 0 Å². The molecule has 0 unspecified atom stereocenters. The van der Waals surface area contributed by atoms with Gasteiger partial charge in [0.25, 0.3) is 0 Å². The lowest BCUT2D eigenvalue weighted by Crippen LogP contribution is -2.36. The number of pyridine rings is 1. The molecular weight excluding hydrogens is 335 g/mol. The van der Waals surface area contributed by atoms with Gasteiger partial charge in [-0.05, 0) is 29.7 Å². The van der Waals surface area contributed by atoms with Crippen LogP contribution in [0.15, 0.2) is 42.6 Å². The molecule has 0 saturated carbocycles. The number of aromatic nitrogens is 1. The monoisotopic (exact) mass is 353 g/mol. The highest BCUT2D eigenvalue weighted by Crippen LogP contribution is 2.29. The molecule has 1 heterocycles. The third kappa shape index (κ3) is 5.98. The number of halogens is 3. The Morgan fingerprint density at radius 3 is 2.32 bits per heavy atom. The highest BCUT2D eigenvalue weighted by atomic mass is 19.4. The van der Waals surface area contributed by atoms with Crippen molar-refractivity contribution in [3.8, 4) is 5.88 Å². The molecule has 0 aliphatic rings. The predicted octanol–water partition coefficient (Wildman–Crippen LogP) is 3.15. The van der Waals surface area contributed by atoms with E-state index in [1.54, 1.807) is 18.3 Å². The van der Waals surface area contributed by atoms with E-state index in [0.29, 0.717) is 31.0 Å². The van der Waals surface area contributed by atoms with Gasteiger partial charge in [-0.15, -0.1) is 0 Å². The largest absolute Gasteiger partial charge is 0.481 e. The molecule has 0 aliphatic carbocycles. The first kappa shape index (κ1) is 18.6. The van der Waals surface area contributed by atoms with E-state index < -0.39 is 11.7 Å². The first-order chi connectivity index (χ1) is 11.9. The minimum atomic E-state index is -4.34. The summed E-state index contributed by atoms with van der Waals surface area (Å²) >= 11 is 0. The quantitative estimate of drug-likeness (QED) is 0.839. The standard InChI is InChI=1S/C17H18F3N3O2/c1-25-15-7-4-13(10-22-15)11-23-16(24)21-9-8-12-2-5-14(6-3-12)17(18,19)20/h2-7,10H,8-9,11H2,1H3,(H2,21,23,24). The number of amides is 2. The first-order valence-corrected chi connectivity index (χ1v) is 7.55. The predicted molar refractivity (Wildman–Crippen MR) is 86.2 cm³/mol. The van der Waals surface area contributed by atoms with Crippen molar-refractivity contribution in [2.45, 2.75) is 19.1 Å². The number of ether oxygens (including phenoxy) is 1. The van der Waals surface area contributed by atoms with E-state index in [-0.39, 0.29) is 6.03 Å². The summed E-state index contributed by atoms with van der Waals surface area (Å²) in [6, 6.07) is 8.01. The third-order valence-electron chi connectivity index (χ3n) is 3.44. The van der Waals surface area contributed by atoms with Crippen LogP contribution in [0.5, 0.6) is 5.88 Å². The minimum absolute atomic E-state index is 0.309. The molecule has 2 rings (SSSR count). The molecule has 2 amide bonds. The van der Waals surface area contributed by atoms with Gasteiger partial charge in [0.05, 0.1) is 12.7 Å². The Labute approximate surface area is 143 Å². The molecule has 134 valence electrons. The highest BCUT2D eigenvalue weighted by Gasteiger charge is 2.29. The number of methoxy groups -OCH3 is 1. The van der Waals surface area contributed by atoms with E-state index in [4.69, 9.17) is 4.74 Å². The Morgan fingerprint density at radius 2 is 1.76 bits per heavy atom. The Kier molecular flexibility index (Phi) is 6.21. The van der Waals surface area contributed by atoms with E-state index in [1.165, 1.54) is 19.2 Å². The number of nitrogens with zero attached hydrogens (tertiary/aromatic N) is 1. The lowest BCUT2D eigenvalue weighted by molar-refractivity contribution is -0.137. The first-order valence-electron chi connectivity index (χ1n) is 7.55. The van der Waals surface area contributed by atoms with E-state index in [9.17, 15) is 18.0 Å². The average molecular weight is 353 g/mol. The third-order valence-corrected chi connectivity index (χ3v) is 3.44. The van der Waals surface area contributed by atoms with Crippen molar-refractivity contribution >= 4 is 6.03 Å². The molecule has 1 aromatic heterocycles. The summed E-state index contributed by atoms with van der Waals surface area (Å²) in [4.78, 5) is 15.7. The fraction of sp³-hybridized carbons (Fsp3) is 0.294. The van der Waals surface area contributed by atoms with Crippen molar-refractivity contribution in [1.82, 2.24) is 15.6 Å². The van der Waals surface area contributed by atoms with Crippen LogP contribution < -0.4 is 15.4 Å². The van der Waals surface area contributed by atoms with Crippen LogP contribution >= 0.6 is 0 Å². The molecule has 2 aromatic rings. The summed E-state index contributed by atoms with van der Waals surface area (Å²) in [5.74, 6) is 0.491. The number of rotatable bonds is 6. The van der Waals surface area contributed by atoms with Crippen molar-refractivity contribution in [2.75, 3.05) is 13.7 Å². The summed E-state index contributed by atoms with van der Waals surface area (Å²) < 4.78 is 42.3. The van der Waals surface area contributed by atoms with Gasteiger partial charge in [0.1, 0.15) is 0 Å². The summed E-state index contributed by atoms with van der Waals surface area (Å²) in [5.41, 5.74) is 0.849. The average Bonchev–Trinajstić information content (AvgIpc) is 2.60. The second-order valence-corrected chi connectivity index (χ2v) is 5.26. The molecular formula is C17H18F3N3O2. The van der Waals surface area contributed by atoms with Gasteiger partial charge in [0.15, 0.2) is 0 Å². The SMILES string of the molecule is COc1ccc(CNC(=O)NCCc2ccc(C(F)(F)F)cc2)cn1. The maximum absolute atomic E-state index is 12.5. The van der Waals surface area contributed by atoms with E-state index >= 15 is 0 Å². The Morgan fingerprint density at radius 1 is 1.08 bits per heavy atom. The zero-order valence-electron chi connectivity index (χ0n) is 13.6. The number of benzene rings is 1. The van der Waals surface area contributed by atoms with Crippen LogP contribution in [0.4, 0.5) is 18.0 Å². The molecule has 8 heteroatoms. The minimum Gasteiger partial charge on any atom is -0.481 e. The van der Waals surface area contributed by atoms with Crippen LogP contribution in [-0.4, -0.2) is 24.7 Å². The highest BCUT2D eigenvalue weighted by molar-refractivity contribution is 5.73. The lowest BCUT2D eigenvalue weighted by Gasteiger charge is -2.09. The summed E-state index contributed by atoms with van der Waals surface area (Å²) in [6.07, 6.45) is -2.30. The van der Waals surface area contributed by atoms with Crippen molar-refractivity contribution in [3.05, 3.63) is 59.3 Å². The number of carbonyl (C=O) groups is 1. The van der Waals surface area contributed by atoms with Crippen molar-refractivity contribution in [2.24, 2.45) is 0 Å². The van der Waals surface area contributed by atoms with Crippen LogP contribution in [0.1, 0.15) is 16.7 Å². The topological polar surface area (TPSA) is 63.2 Å².